The summed E-state index contributed by atoms with van der Waals surface area (Å²) >= 11 is 5.39. The molecule has 1 aromatic rings. The molecule has 0 aromatic heterocycles. The van der Waals surface area contributed by atoms with Crippen molar-refractivity contribution in [3.8, 4) is 0 Å². The molecule has 3 nitrogen and oxygen atoms in total. The van der Waals surface area contributed by atoms with Crippen LogP contribution in [-0.2, 0) is 4.74 Å². The molecule has 100 valence electrons. The van der Waals surface area contributed by atoms with Crippen molar-refractivity contribution in [2.75, 3.05) is 27.3 Å². The first-order valence-electron chi connectivity index (χ1n) is 5.29. The fourth-order valence-electron chi connectivity index (χ4n) is 1.48. The van der Waals surface area contributed by atoms with Gasteiger partial charge in [0, 0.05) is 24.3 Å². The van der Waals surface area contributed by atoms with E-state index in [0.717, 1.165) is 0 Å². The summed E-state index contributed by atoms with van der Waals surface area (Å²) in [6.07, 6.45) is 0. The Morgan fingerprint density at radius 2 is 2.28 bits per heavy atom. The smallest absolute Gasteiger partial charge is 0.254 e. The second-order valence-corrected chi connectivity index (χ2v) is 6.32. The summed E-state index contributed by atoms with van der Waals surface area (Å²) in [5.74, 6) is -0.462. The quantitative estimate of drug-likeness (QED) is 0.532. The van der Waals surface area contributed by atoms with Gasteiger partial charge in [0.15, 0.2) is 0 Å². The molecule has 6 heteroatoms. The number of hydrogen-bond acceptors (Lipinski definition) is 2. The molecule has 0 radical (unpaired) electrons. The van der Waals surface area contributed by atoms with Crippen molar-refractivity contribution in [2.45, 2.75) is 4.83 Å². The summed E-state index contributed by atoms with van der Waals surface area (Å²) in [6, 6.07) is 4.15. The number of halogens is 3. The first-order chi connectivity index (χ1) is 8.45. The Balaban J connectivity index is 2.74. The first-order valence-corrected chi connectivity index (χ1v) is 7.28. The Morgan fingerprint density at radius 3 is 2.83 bits per heavy atom. The van der Waals surface area contributed by atoms with Gasteiger partial charge in [-0.2, -0.15) is 0 Å². The topological polar surface area (TPSA) is 29.5 Å². The zero-order chi connectivity index (χ0) is 13.7. The molecule has 1 aromatic carbocycles. The van der Waals surface area contributed by atoms with E-state index in [2.05, 4.69) is 15.9 Å². The lowest BCUT2D eigenvalue weighted by Crippen LogP contribution is -2.34. The van der Waals surface area contributed by atoms with E-state index < -0.39 is 0 Å². The number of carbonyl (C=O) groups excluding carboxylic acids is 1. The molecule has 0 fully saturated rings. The van der Waals surface area contributed by atoms with Crippen molar-refractivity contribution in [3.63, 3.8) is 0 Å². The molecule has 1 rings (SSSR count). The fraction of sp³-hybridized carbons (Fsp3) is 0.417. The normalized spacial score (nSPS) is 12.3. The summed E-state index contributed by atoms with van der Waals surface area (Å²) in [4.78, 5) is 13.8. The minimum absolute atomic E-state index is 0.0783. The Kier molecular flexibility index (Phi) is 6.51. The highest BCUT2D eigenvalue weighted by molar-refractivity contribution is 14.1. The SMILES string of the molecule is COCC(Br)CN(C)C(=O)c1ccc(F)cc1I. The predicted molar refractivity (Wildman–Crippen MR) is 80.7 cm³/mol. The maximum absolute atomic E-state index is 13.0. The van der Waals surface area contributed by atoms with Crippen molar-refractivity contribution in [3.05, 3.63) is 33.1 Å². The van der Waals surface area contributed by atoms with Crippen LogP contribution in [0.25, 0.3) is 0 Å². The van der Waals surface area contributed by atoms with Crippen LogP contribution in [0.3, 0.4) is 0 Å². The highest BCUT2D eigenvalue weighted by atomic mass is 127. The molecule has 1 amide bonds. The lowest BCUT2D eigenvalue weighted by molar-refractivity contribution is 0.0783. The second kappa shape index (κ2) is 7.40. The van der Waals surface area contributed by atoms with E-state index in [-0.39, 0.29) is 16.6 Å². The zero-order valence-corrected chi connectivity index (χ0v) is 13.9. The Labute approximate surface area is 128 Å². The lowest BCUT2D eigenvalue weighted by atomic mass is 10.2. The number of alkyl halides is 1. The number of amides is 1. The van der Waals surface area contributed by atoms with Crippen LogP contribution in [0.15, 0.2) is 18.2 Å². The van der Waals surface area contributed by atoms with Crippen molar-refractivity contribution in [1.29, 1.82) is 0 Å². The largest absolute Gasteiger partial charge is 0.383 e. The van der Waals surface area contributed by atoms with Gasteiger partial charge in [-0.3, -0.25) is 4.79 Å². The van der Waals surface area contributed by atoms with Gasteiger partial charge < -0.3 is 9.64 Å². The predicted octanol–water partition coefficient (Wildman–Crippen LogP) is 2.91. The van der Waals surface area contributed by atoms with E-state index in [1.165, 1.54) is 18.2 Å². The molecule has 1 atom stereocenters. The molecule has 0 saturated carbocycles. The first kappa shape index (κ1) is 15.8. The minimum atomic E-state index is -0.337. The van der Waals surface area contributed by atoms with Crippen LogP contribution in [-0.4, -0.2) is 42.9 Å². The maximum Gasteiger partial charge on any atom is 0.254 e. The van der Waals surface area contributed by atoms with Crippen molar-refractivity contribution in [2.24, 2.45) is 0 Å². The summed E-state index contributed by atoms with van der Waals surface area (Å²) in [5.41, 5.74) is 0.511. The summed E-state index contributed by atoms with van der Waals surface area (Å²) in [7, 11) is 3.32. The Hall–Kier alpha value is -0.210. The molecule has 0 aliphatic heterocycles. The van der Waals surface area contributed by atoms with Gasteiger partial charge in [-0.05, 0) is 40.8 Å². The van der Waals surface area contributed by atoms with Crippen LogP contribution in [0, 0.1) is 9.39 Å². The summed E-state index contributed by atoms with van der Waals surface area (Å²) < 4.78 is 18.6. The van der Waals surface area contributed by atoms with Gasteiger partial charge in [-0.1, -0.05) is 15.9 Å². The Bertz CT molecular complexity index is 431. The monoisotopic (exact) mass is 429 g/mol. The summed E-state index contributed by atoms with van der Waals surface area (Å²) in [5, 5.41) is 0. The van der Waals surface area contributed by atoms with Crippen LogP contribution < -0.4 is 0 Å². The van der Waals surface area contributed by atoms with Gasteiger partial charge in [0.05, 0.1) is 17.0 Å². The van der Waals surface area contributed by atoms with Gasteiger partial charge in [-0.15, -0.1) is 0 Å². The third-order valence-corrected chi connectivity index (χ3v) is 3.77. The minimum Gasteiger partial charge on any atom is -0.383 e. The summed E-state index contributed by atoms with van der Waals surface area (Å²) in [6.45, 7) is 1.05. The average molecular weight is 430 g/mol. The van der Waals surface area contributed by atoms with E-state index in [4.69, 9.17) is 4.74 Å². The number of methoxy groups -OCH3 is 1. The number of ether oxygens (including phenoxy) is 1. The van der Waals surface area contributed by atoms with E-state index in [9.17, 15) is 9.18 Å². The average Bonchev–Trinajstić information content (AvgIpc) is 2.28. The van der Waals surface area contributed by atoms with E-state index >= 15 is 0 Å². The highest BCUT2D eigenvalue weighted by Crippen LogP contribution is 2.16. The highest BCUT2D eigenvalue weighted by Gasteiger charge is 2.17. The van der Waals surface area contributed by atoms with Crippen LogP contribution in [0.5, 0.6) is 0 Å². The molecule has 0 bridgehead atoms. The molecule has 0 heterocycles. The molecule has 0 N–H and O–H groups in total. The molecular formula is C12H14BrFINO2. The number of carbonyl (C=O) groups is 1. The Morgan fingerprint density at radius 1 is 1.61 bits per heavy atom. The van der Waals surface area contributed by atoms with E-state index in [0.29, 0.717) is 22.3 Å². The van der Waals surface area contributed by atoms with Crippen LogP contribution >= 0.6 is 38.5 Å². The van der Waals surface area contributed by atoms with Crippen molar-refractivity contribution < 1.29 is 13.9 Å². The standard InChI is InChI=1S/C12H14BrFINO2/c1-16(6-8(13)7-18-2)12(17)10-4-3-9(14)5-11(10)15/h3-5,8H,6-7H2,1-2H3. The fourth-order valence-corrected chi connectivity index (χ4v) is 2.89. The number of rotatable bonds is 5. The van der Waals surface area contributed by atoms with Crippen molar-refractivity contribution in [1.82, 2.24) is 4.90 Å². The van der Waals surface area contributed by atoms with E-state index in [1.54, 1.807) is 19.1 Å². The number of hydrogen-bond donors (Lipinski definition) is 0. The third-order valence-electron chi connectivity index (χ3n) is 2.33. The number of benzene rings is 1. The molecule has 0 aliphatic carbocycles. The number of nitrogens with zero attached hydrogens (tertiary/aromatic N) is 1. The molecule has 0 aliphatic rings. The molecular weight excluding hydrogens is 416 g/mol. The molecule has 0 saturated heterocycles. The lowest BCUT2D eigenvalue weighted by Gasteiger charge is -2.20. The molecule has 1 unspecified atom stereocenters. The second-order valence-electron chi connectivity index (χ2n) is 3.86. The van der Waals surface area contributed by atoms with Gasteiger partial charge in [0.25, 0.3) is 5.91 Å². The third kappa shape index (κ3) is 4.47. The van der Waals surface area contributed by atoms with Gasteiger partial charge in [-0.25, -0.2) is 4.39 Å². The molecule has 0 spiro atoms. The van der Waals surface area contributed by atoms with Gasteiger partial charge >= 0.3 is 0 Å². The van der Waals surface area contributed by atoms with Crippen molar-refractivity contribution >= 4 is 44.4 Å². The maximum atomic E-state index is 13.0. The van der Waals surface area contributed by atoms with Gasteiger partial charge in [0.2, 0.25) is 0 Å². The van der Waals surface area contributed by atoms with Crippen LogP contribution in [0.2, 0.25) is 0 Å². The van der Waals surface area contributed by atoms with Crippen LogP contribution in [0.1, 0.15) is 10.4 Å². The van der Waals surface area contributed by atoms with E-state index in [1.807, 2.05) is 22.6 Å². The molecule has 18 heavy (non-hydrogen) atoms. The van der Waals surface area contributed by atoms with Gasteiger partial charge in [0.1, 0.15) is 5.82 Å². The zero-order valence-electron chi connectivity index (χ0n) is 10.1. The van der Waals surface area contributed by atoms with Crippen LogP contribution in [0.4, 0.5) is 4.39 Å².